The summed E-state index contributed by atoms with van der Waals surface area (Å²) in [5.41, 5.74) is 30.3. The molecule has 0 amide bonds. The molecule has 0 saturated carbocycles. The van der Waals surface area contributed by atoms with Crippen molar-refractivity contribution in [3.8, 4) is 85.8 Å². The molecule has 16 aromatic carbocycles. The van der Waals surface area contributed by atoms with E-state index < -0.39 is 0 Å². The molecule has 0 bridgehead atoms. The van der Waals surface area contributed by atoms with Crippen LogP contribution in [0.5, 0.6) is 0 Å². The van der Waals surface area contributed by atoms with Crippen molar-refractivity contribution in [3.63, 3.8) is 0 Å². The van der Waals surface area contributed by atoms with Crippen LogP contribution in [0.3, 0.4) is 0 Å². The minimum absolute atomic E-state index is 0.599. The van der Waals surface area contributed by atoms with Gasteiger partial charge in [-0.3, -0.25) is 43.6 Å². The molecule has 0 spiro atoms. The molecule has 0 N–H and O–H groups in total. The lowest BCUT2D eigenvalue weighted by Gasteiger charge is -2.13. The van der Waals surface area contributed by atoms with Gasteiger partial charge in [0.05, 0.1) is 88.4 Å². The minimum atomic E-state index is 0.599. The third-order valence-corrected chi connectivity index (χ3v) is 28.1. The van der Waals surface area contributed by atoms with Crippen LogP contribution in [0.15, 0.2) is 468 Å². The smallest absolute Gasteiger partial charge is 0.235 e. The lowest BCUT2D eigenvalue weighted by molar-refractivity contribution is 0.956. The van der Waals surface area contributed by atoms with Crippen molar-refractivity contribution in [1.82, 2.24) is 91.8 Å². The highest BCUT2D eigenvalue weighted by molar-refractivity contribution is 6.27. The molecule has 0 unspecified atom stereocenters. The summed E-state index contributed by atoms with van der Waals surface area (Å²) in [7, 11) is 0. The van der Waals surface area contributed by atoms with Crippen LogP contribution in [0.2, 0.25) is 0 Å². The third-order valence-electron chi connectivity index (χ3n) is 28.1. The molecule has 19 heteroatoms. The summed E-state index contributed by atoms with van der Waals surface area (Å²) >= 11 is 0. The molecule has 15 heterocycles. The first-order chi connectivity index (χ1) is 72.0. The summed E-state index contributed by atoms with van der Waals surface area (Å²) in [6.07, 6.45) is 12.0. The molecular formula is C126H77N19. The number of benzene rings is 16. The Morgan fingerprint density at radius 2 is 0.407 bits per heavy atom. The van der Waals surface area contributed by atoms with E-state index in [0.29, 0.717) is 23.4 Å². The Morgan fingerprint density at radius 1 is 0.152 bits per heavy atom. The molecule has 0 saturated heterocycles. The normalized spacial score (nSPS) is 11.9. The number of pyridine rings is 6. The summed E-state index contributed by atoms with van der Waals surface area (Å²) in [5, 5.41) is 14.0. The average molecular weight is 1860 g/mol. The van der Waals surface area contributed by atoms with Crippen molar-refractivity contribution >= 4 is 186 Å². The molecule has 31 aromatic rings. The first-order valence-electron chi connectivity index (χ1n) is 48.3. The van der Waals surface area contributed by atoms with Gasteiger partial charge >= 0.3 is 0 Å². The first kappa shape index (κ1) is 81.9. The van der Waals surface area contributed by atoms with Gasteiger partial charge in [-0.1, -0.05) is 315 Å². The van der Waals surface area contributed by atoms with E-state index in [4.69, 9.17) is 59.8 Å². The predicted molar refractivity (Wildman–Crippen MR) is 588 cm³/mol. The summed E-state index contributed by atoms with van der Waals surface area (Å²) in [6.45, 7) is 0. The minimum Gasteiger partial charge on any atom is -0.307 e. The summed E-state index contributed by atoms with van der Waals surface area (Å²) < 4.78 is 15.9. The second kappa shape index (κ2) is 33.3. The highest BCUT2D eigenvalue weighted by atomic mass is 15.3. The molecule has 0 atom stereocenters. The molecule has 0 aliphatic heterocycles. The van der Waals surface area contributed by atoms with Crippen LogP contribution < -0.4 is 0 Å². The number of hydrogen-bond donors (Lipinski definition) is 0. The molecule has 676 valence electrons. The SMILES string of the molecule is c1ccc(-c2nc(-c3ccccc3)nc(-c3cccc(-n4c5ccccc5c5cnc6c(ncc7c8ccccc8n(-c8ccccc8)c76)c54)c3)n2)cc1.c1ccc(-c2nc(-n3c4ccccc4c4cnc5c(ncc6c7ccccc7n(-c7ccccc7)c65)c43)nc3ccccc23)cc1.c1ccc(-n2c(-n3c4ccccc4c4cnc5c(ncc6c7ccccc7n(-c7ccccc7)c65)c43)nc3ccccc32)cc1. The van der Waals surface area contributed by atoms with E-state index in [0.717, 1.165) is 248 Å². The number of aromatic nitrogens is 19. The van der Waals surface area contributed by atoms with Crippen molar-refractivity contribution in [1.29, 1.82) is 0 Å². The van der Waals surface area contributed by atoms with Crippen molar-refractivity contribution in [2.75, 3.05) is 0 Å². The maximum atomic E-state index is 5.28. The second-order valence-corrected chi connectivity index (χ2v) is 36.3. The Labute approximate surface area is 825 Å². The van der Waals surface area contributed by atoms with Gasteiger partial charge in [0.2, 0.25) is 11.9 Å². The lowest BCUT2D eigenvalue weighted by atomic mass is 10.1. The standard InChI is InChI=1S/C47H29N7.C40H24N6.C39H24N6/c1-4-15-30(16-5-1)45-50-46(31-17-6-2-7-18-31)52-47(51-45)32-19-14-22-34(27-32)54-40-26-13-11-24-36(40)38-29-48-41-42(44(38)54)49-28-37-35-23-10-12-25-39(35)53(43(37)41)33-20-8-3-9-21-33;1-3-13-25(14-4-1)35-29-19-7-10-20-32(29)43-40(44-35)46-34-22-12-9-18-28(34)31-24-41-36-37(39(31)46)42-23-30-27-17-8-11-21-33(27)45(38(30)36)26-15-5-2-6-16-26;1-3-13-25(14-4-1)43-32-20-10-7-17-27(32)29-23-41-36-35(37(29)43)40-24-30-28-18-8-11-21-33(28)45(38(30)36)39-42-31-19-9-12-22-34(31)44(39)26-15-5-2-6-16-26/h1-29H;1-24H;1-24H. The number of rotatable bonds is 11. The lowest BCUT2D eigenvalue weighted by Crippen LogP contribution is -2.06. The molecule has 15 aromatic heterocycles. The fourth-order valence-corrected chi connectivity index (χ4v) is 21.9. The molecule has 0 fully saturated rings. The van der Waals surface area contributed by atoms with Crippen LogP contribution in [0.1, 0.15) is 0 Å². The predicted octanol–water partition coefficient (Wildman–Crippen LogP) is 29.6. The largest absolute Gasteiger partial charge is 0.307 e. The molecular weight excluding hydrogens is 1780 g/mol. The molecule has 0 radical (unpaired) electrons. The van der Waals surface area contributed by atoms with Crippen LogP contribution >= 0.6 is 0 Å². The van der Waals surface area contributed by atoms with Gasteiger partial charge in [0, 0.05) is 158 Å². The maximum Gasteiger partial charge on any atom is 0.235 e. The topological polar surface area (TPSA) is 189 Å². The number of para-hydroxylation sites is 13. The van der Waals surface area contributed by atoms with Crippen LogP contribution in [0.4, 0.5) is 0 Å². The fraction of sp³-hybridized carbons (Fsp3) is 0. The first-order valence-corrected chi connectivity index (χ1v) is 48.3. The maximum absolute atomic E-state index is 5.28. The van der Waals surface area contributed by atoms with E-state index in [1.165, 1.54) is 0 Å². The van der Waals surface area contributed by atoms with Gasteiger partial charge in [-0.25, -0.2) is 29.9 Å². The van der Waals surface area contributed by atoms with Gasteiger partial charge in [0.25, 0.3) is 0 Å². The van der Waals surface area contributed by atoms with Crippen molar-refractivity contribution in [2.24, 2.45) is 0 Å². The highest BCUT2D eigenvalue weighted by Crippen LogP contribution is 2.47. The Balaban J connectivity index is 0.000000104. The van der Waals surface area contributed by atoms with Crippen LogP contribution in [-0.4, -0.2) is 91.8 Å². The van der Waals surface area contributed by atoms with Crippen molar-refractivity contribution in [3.05, 3.63) is 468 Å². The molecule has 19 nitrogen and oxygen atoms in total. The monoisotopic (exact) mass is 1860 g/mol. The molecule has 0 aliphatic carbocycles. The van der Waals surface area contributed by atoms with Gasteiger partial charge < -0.3 is 18.3 Å². The van der Waals surface area contributed by atoms with Gasteiger partial charge in [-0.2, -0.15) is 0 Å². The van der Waals surface area contributed by atoms with Gasteiger partial charge in [0.1, 0.15) is 33.1 Å². The third kappa shape index (κ3) is 13.0. The van der Waals surface area contributed by atoms with Crippen LogP contribution in [0.25, 0.3) is 272 Å². The van der Waals surface area contributed by atoms with Crippen molar-refractivity contribution in [2.45, 2.75) is 0 Å². The number of nitrogens with zero attached hydrogens (tertiary/aromatic N) is 19. The summed E-state index contributed by atoms with van der Waals surface area (Å²) in [4.78, 5) is 61.8. The Morgan fingerprint density at radius 3 is 0.779 bits per heavy atom. The van der Waals surface area contributed by atoms with Gasteiger partial charge in [-0.05, 0) is 115 Å². The second-order valence-electron chi connectivity index (χ2n) is 36.3. The average Bonchev–Trinajstić information content (AvgIpc) is 1.56. The summed E-state index contributed by atoms with van der Waals surface area (Å²) in [6, 6.07) is 148. The van der Waals surface area contributed by atoms with E-state index >= 15 is 0 Å². The zero-order chi connectivity index (χ0) is 95.3. The highest BCUT2D eigenvalue weighted by Gasteiger charge is 2.30. The number of hydrogen-bond acceptors (Lipinski definition) is 12. The zero-order valence-corrected chi connectivity index (χ0v) is 77.5. The zero-order valence-electron chi connectivity index (χ0n) is 77.5. The van der Waals surface area contributed by atoms with Crippen LogP contribution in [0, 0.1) is 0 Å². The Bertz CT molecular complexity index is 10600. The van der Waals surface area contributed by atoms with Crippen molar-refractivity contribution < 1.29 is 0 Å². The molecule has 31 rings (SSSR count). The quantitative estimate of drug-likeness (QED) is 0.119. The molecule has 0 aliphatic rings. The van der Waals surface area contributed by atoms with E-state index in [1.54, 1.807) is 0 Å². The number of fused-ring (bicyclic) bond motifs is 29. The summed E-state index contributed by atoms with van der Waals surface area (Å²) in [5.74, 6) is 3.26. The van der Waals surface area contributed by atoms with E-state index in [9.17, 15) is 0 Å². The fourth-order valence-electron chi connectivity index (χ4n) is 21.9. The van der Waals surface area contributed by atoms with Crippen LogP contribution in [-0.2, 0) is 0 Å². The Kier molecular flexibility index (Phi) is 18.8. The number of imidazole rings is 1. The Hall–Kier alpha value is -20.2. The van der Waals surface area contributed by atoms with Gasteiger partial charge in [0.15, 0.2) is 17.5 Å². The van der Waals surface area contributed by atoms with E-state index in [1.807, 2.05) is 152 Å². The molecule has 145 heavy (non-hydrogen) atoms. The van der Waals surface area contributed by atoms with Gasteiger partial charge in [-0.15, -0.1) is 0 Å². The van der Waals surface area contributed by atoms with E-state index in [2.05, 4.69) is 347 Å². The van der Waals surface area contributed by atoms with E-state index in [-0.39, 0.29) is 0 Å².